The summed E-state index contributed by atoms with van der Waals surface area (Å²) in [6, 6.07) is 0. The average molecular weight is 850 g/mol. The largest absolute Gasteiger partial charge is 0.726 e. The monoisotopic (exact) mass is 850 g/mol. The molecular weight excluding hydrogens is 763 g/mol. The SMILES string of the molecule is CCCCCCCCCCCCOS(=O)(=O)[O-].CCCCCCCCCCCCOS(=O)(=O)[O-].CCCCCCCCCCCCOS(=O)(=O)[O-].[NH4+].[NH4+].[NH4+]. The van der Waals surface area contributed by atoms with Crippen molar-refractivity contribution in [3.63, 3.8) is 0 Å². The highest BCUT2D eigenvalue weighted by molar-refractivity contribution is 7.81. The summed E-state index contributed by atoms with van der Waals surface area (Å²) in [4.78, 5) is 0. The first kappa shape index (κ1) is 65.3. The van der Waals surface area contributed by atoms with Crippen LogP contribution in [0.25, 0.3) is 0 Å². The van der Waals surface area contributed by atoms with Crippen LogP contribution in [-0.2, 0) is 43.7 Å². The highest BCUT2D eigenvalue weighted by atomic mass is 32.3. The lowest BCUT2D eigenvalue weighted by Gasteiger charge is -2.07. The molecule has 18 heteroatoms. The van der Waals surface area contributed by atoms with E-state index in [-0.39, 0.29) is 38.3 Å². The van der Waals surface area contributed by atoms with E-state index < -0.39 is 31.2 Å². The number of hydrogen-bond acceptors (Lipinski definition) is 12. The molecule has 0 aromatic carbocycles. The van der Waals surface area contributed by atoms with E-state index >= 15 is 0 Å². The van der Waals surface area contributed by atoms with E-state index in [1.807, 2.05) is 0 Å². The molecule has 336 valence electrons. The second kappa shape index (κ2) is 48.6. The van der Waals surface area contributed by atoms with Crippen LogP contribution in [0.1, 0.15) is 213 Å². The lowest BCUT2D eigenvalue weighted by atomic mass is 10.1. The number of rotatable bonds is 36. The summed E-state index contributed by atoms with van der Waals surface area (Å²) in [7, 11) is -13.5. The number of hydrogen-bond donors (Lipinski definition) is 3. The normalized spacial score (nSPS) is 11.2. The van der Waals surface area contributed by atoms with Crippen LogP contribution in [0.2, 0.25) is 0 Å². The van der Waals surface area contributed by atoms with Crippen LogP contribution < -0.4 is 18.5 Å². The average Bonchev–Trinajstić information content (AvgIpc) is 3.04. The van der Waals surface area contributed by atoms with Crippen LogP contribution >= 0.6 is 0 Å². The maximum Gasteiger partial charge on any atom is 0.217 e. The summed E-state index contributed by atoms with van der Waals surface area (Å²) in [6.07, 6.45) is 35.1. The quantitative estimate of drug-likeness (QED) is 0.0301. The lowest BCUT2D eigenvalue weighted by Crippen LogP contribution is -2.05. The third-order valence-electron chi connectivity index (χ3n) is 8.18. The molecule has 0 bridgehead atoms. The maximum atomic E-state index is 10.1. The van der Waals surface area contributed by atoms with Crippen LogP contribution in [0.5, 0.6) is 0 Å². The Morgan fingerprint density at radius 3 is 0.537 bits per heavy atom. The number of quaternary nitrogens is 3. The maximum absolute atomic E-state index is 10.1. The van der Waals surface area contributed by atoms with Gasteiger partial charge in [-0.3, -0.25) is 12.5 Å². The van der Waals surface area contributed by atoms with Crippen molar-refractivity contribution in [1.29, 1.82) is 0 Å². The minimum atomic E-state index is -4.48. The number of unbranched alkanes of at least 4 members (excludes halogenated alkanes) is 27. The smallest absolute Gasteiger partial charge is 0.217 e. The first-order chi connectivity index (χ1) is 24.2. The molecule has 0 aliphatic carbocycles. The van der Waals surface area contributed by atoms with Gasteiger partial charge in [-0.05, 0) is 19.3 Å². The molecule has 0 aliphatic rings. The molecule has 0 spiro atoms. The Bertz CT molecular complexity index is 893. The van der Waals surface area contributed by atoms with E-state index in [1.165, 1.54) is 135 Å². The molecule has 0 radical (unpaired) electrons. The van der Waals surface area contributed by atoms with Gasteiger partial charge in [0.2, 0.25) is 31.2 Å². The van der Waals surface area contributed by atoms with Crippen molar-refractivity contribution in [3.05, 3.63) is 0 Å². The fraction of sp³-hybridized carbons (Fsp3) is 1.00. The minimum absolute atomic E-state index is 0. The van der Waals surface area contributed by atoms with E-state index in [2.05, 4.69) is 33.3 Å². The first-order valence-corrected chi connectivity index (χ1v) is 24.0. The Kier molecular flexibility index (Phi) is 58.9. The van der Waals surface area contributed by atoms with Crippen LogP contribution in [0.4, 0.5) is 0 Å². The molecule has 0 aliphatic heterocycles. The summed E-state index contributed by atoms with van der Waals surface area (Å²) >= 11 is 0. The molecule has 0 unspecified atom stereocenters. The van der Waals surface area contributed by atoms with Gasteiger partial charge in [0.1, 0.15) is 0 Å². The molecular formula is C36H87N3O12S3. The molecule has 0 aromatic rings. The summed E-state index contributed by atoms with van der Waals surface area (Å²) in [6.45, 7) is 6.73. The zero-order valence-electron chi connectivity index (χ0n) is 35.5. The van der Waals surface area contributed by atoms with Gasteiger partial charge < -0.3 is 32.1 Å². The molecule has 0 rings (SSSR count). The van der Waals surface area contributed by atoms with Gasteiger partial charge >= 0.3 is 0 Å². The van der Waals surface area contributed by atoms with Crippen molar-refractivity contribution < 1.29 is 51.5 Å². The molecule has 0 aromatic heterocycles. The van der Waals surface area contributed by atoms with E-state index in [4.69, 9.17) is 0 Å². The Labute approximate surface area is 333 Å². The van der Waals surface area contributed by atoms with Crippen molar-refractivity contribution >= 4 is 31.2 Å². The van der Waals surface area contributed by atoms with Gasteiger partial charge in [0.15, 0.2) is 0 Å². The lowest BCUT2D eigenvalue weighted by molar-refractivity contribution is 0.253. The fourth-order valence-corrected chi connectivity index (χ4v) is 6.22. The molecule has 12 N–H and O–H groups in total. The Balaban J connectivity index is -0.000000156. The summed E-state index contributed by atoms with van der Waals surface area (Å²) in [5.74, 6) is 0. The fourth-order valence-electron chi connectivity index (χ4n) is 5.25. The third kappa shape index (κ3) is 76.3. The summed E-state index contributed by atoms with van der Waals surface area (Å²) in [5, 5.41) is 0. The topological polar surface area (TPSA) is 309 Å². The second-order valence-corrected chi connectivity index (χ2v) is 16.4. The Morgan fingerprint density at radius 1 is 0.278 bits per heavy atom. The van der Waals surface area contributed by atoms with Crippen molar-refractivity contribution in [3.8, 4) is 0 Å². The molecule has 0 saturated heterocycles. The molecule has 0 heterocycles. The third-order valence-corrected chi connectivity index (χ3v) is 9.54. The van der Waals surface area contributed by atoms with Crippen LogP contribution in [0.3, 0.4) is 0 Å². The van der Waals surface area contributed by atoms with Crippen molar-refractivity contribution in [2.24, 2.45) is 0 Å². The minimum Gasteiger partial charge on any atom is -0.726 e. The molecule has 0 atom stereocenters. The highest BCUT2D eigenvalue weighted by Gasteiger charge is 1.98. The van der Waals surface area contributed by atoms with Crippen LogP contribution in [0.15, 0.2) is 0 Å². The van der Waals surface area contributed by atoms with Gasteiger partial charge in [0, 0.05) is 0 Å². The van der Waals surface area contributed by atoms with Crippen LogP contribution in [-0.4, -0.2) is 58.7 Å². The van der Waals surface area contributed by atoms with Gasteiger partial charge in [-0.2, -0.15) is 0 Å². The predicted octanol–water partition coefficient (Wildman–Crippen LogP) is 11.3. The van der Waals surface area contributed by atoms with Crippen molar-refractivity contribution in [1.82, 2.24) is 18.5 Å². The van der Waals surface area contributed by atoms with Gasteiger partial charge in [-0.1, -0.05) is 194 Å². The van der Waals surface area contributed by atoms with E-state index in [0.717, 1.165) is 38.5 Å². The van der Waals surface area contributed by atoms with Gasteiger partial charge in [-0.25, -0.2) is 25.3 Å². The summed E-state index contributed by atoms with van der Waals surface area (Å²) < 4.78 is 103. The Hall–Kier alpha value is -0.510. The highest BCUT2D eigenvalue weighted by Crippen LogP contribution is 2.13. The van der Waals surface area contributed by atoms with E-state index in [1.54, 1.807) is 0 Å². The second-order valence-electron chi connectivity index (χ2n) is 13.2. The predicted molar refractivity (Wildman–Crippen MR) is 220 cm³/mol. The van der Waals surface area contributed by atoms with Crippen molar-refractivity contribution in [2.75, 3.05) is 19.8 Å². The molecule has 15 nitrogen and oxygen atoms in total. The van der Waals surface area contributed by atoms with Crippen molar-refractivity contribution in [2.45, 2.75) is 213 Å². The van der Waals surface area contributed by atoms with Gasteiger partial charge in [0.05, 0.1) is 19.8 Å². The molecule has 0 fully saturated rings. The molecule has 0 saturated carbocycles. The Morgan fingerprint density at radius 2 is 0.407 bits per heavy atom. The molecule has 54 heavy (non-hydrogen) atoms. The zero-order chi connectivity index (χ0) is 39.0. The van der Waals surface area contributed by atoms with Gasteiger partial charge in [0.25, 0.3) is 0 Å². The van der Waals surface area contributed by atoms with Crippen LogP contribution in [0, 0.1) is 0 Å². The van der Waals surface area contributed by atoms with Gasteiger partial charge in [-0.15, -0.1) is 0 Å². The zero-order valence-corrected chi connectivity index (χ0v) is 37.9. The first-order valence-electron chi connectivity index (χ1n) is 20.0. The van der Waals surface area contributed by atoms with E-state index in [9.17, 15) is 38.9 Å². The summed E-state index contributed by atoms with van der Waals surface area (Å²) in [5.41, 5.74) is 0. The van der Waals surface area contributed by atoms with E-state index in [0.29, 0.717) is 19.3 Å². The molecule has 0 amide bonds. The standard InChI is InChI=1S/3C12H26O4S.3H3N/c3*1-2-3-4-5-6-7-8-9-10-11-12-16-17(13,14)15;;;/h3*2-12H2,1H3,(H,13,14,15);3*1H3.